The summed E-state index contributed by atoms with van der Waals surface area (Å²) in [7, 11) is 0. The molecule has 0 saturated heterocycles. The quantitative estimate of drug-likeness (QED) is 0.626. The van der Waals surface area contributed by atoms with Crippen LogP contribution < -0.4 is 5.32 Å². The third-order valence-corrected chi connectivity index (χ3v) is 2.16. The van der Waals surface area contributed by atoms with Gasteiger partial charge in [-0.1, -0.05) is 26.2 Å². The molecule has 0 aliphatic carbocycles. The first-order valence-electron chi connectivity index (χ1n) is 5.84. The molecule has 0 aromatic heterocycles. The van der Waals surface area contributed by atoms with Gasteiger partial charge in [-0.15, -0.1) is 0 Å². The Labute approximate surface area is 95.5 Å². The zero-order valence-electron chi connectivity index (χ0n) is 10.1. The molecule has 5 heteroatoms. The fourth-order valence-corrected chi connectivity index (χ4v) is 1.29. The summed E-state index contributed by atoms with van der Waals surface area (Å²) in [6, 6.07) is 0. The molecule has 0 saturated carbocycles. The molecule has 0 aliphatic rings. The lowest BCUT2D eigenvalue weighted by Crippen LogP contribution is -2.34. The summed E-state index contributed by atoms with van der Waals surface area (Å²) in [6.07, 6.45) is 0.161. The van der Waals surface area contributed by atoms with E-state index in [2.05, 4.69) is 12.2 Å². The van der Waals surface area contributed by atoms with E-state index < -0.39 is 12.7 Å². The van der Waals surface area contributed by atoms with Crippen molar-refractivity contribution >= 4 is 0 Å². The highest BCUT2D eigenvalue weighted by atomic mass is 19.4. The van der Waals surface area contributed by atoms with Gasteiger partial charge in [0.15, 0.2) is 0 Å². The Bertz CT molecular complexity index is 162. The fraction of sp³-hybridized carbons (Fsp3) is 1.00. The third-order valence-electron chi connectivity index (χ3n) is 2.16. The van der Waals surface area contributed by atoms with Gasteiger partial charge in [0.1, 0.15) is 0 Å². The van der Waals surface area contributed by atoms with Crippen LogP contribution in [0.25, 0.3) is 0 Å². The molecule has 98 valence electrons. The van der Waals surface area contributed by atoms with Gasteiger partial charge in [0.25, 0.3) is 0 Å². The smallest absolute Gasteiger partial charge is 0.377 e. The minimum atomic E-state index is -4.14. The fourth-order valence-electron chi connectivity index (χ4n) is 1.29. The number of nitrogens with one attached hydrogen (secondary N) is 1. The lowest BCUT2D eigenvalue weighted by Gasteiger charge is -2.14. The van der Waals surface area contributed by atoms with Crippen LogP contribution in [0.3, 0.4) is 0 Å². The van der Waals surface area contributed by atoms with Gasteiger partial charge >= 0.3 is 6.18 Å². The molecule has 16 heavy (non-hydrogen) atoms. The summed E-state index contributed by atoms with van der Waals surface area (Å²) >= 11 is 0. The highest BCUT2D eigenvalue weighted by molar-refractivity contribution is 4.60. The number of alkyl halides is 3. The lowest BCUT2D eigenvalue weighted by atomic mass is 10.2. The Balaban J connectivity index is 3.28. The van der Waals surface area contributed by atoms with Gasteiger partial charge in [-0.25, -0.2) is 0 Å². The molecule has 2 nitrogen and oxygen atoms in total. The third kappa shape index (κ3) is 11.8. The van der Waals surface area contributed by atoms with Gasteiger partial charge in [0.2, 0.25) is 0 Å². The molecule has 0 fully saturated rings. The Morgan fingerprint density at radius 3 is 2.44 bits per heavy atom. The molecule has 1 atom stereocenters. The minimum Gasteiger partial charge on any atom is -0.377 e. The number of rotatable bonds is 9. The number of halogens is 3. The largest absolute Gasteiger partial charge is 0.401 e. The van der Waals surface area contributed by atoms with Gasteiger partial charge in [0.05, 0.1) is 12.6 Å². The maximum absolute atomic E-state index is 11.8. The van der Waals surface area contributed by atoms with E-state index in [0.717, 1.165) is 12.8 Å². The SMILES string of the molecule is CCCCCCOC(C)CNCC(F)(F)F. The van der Waals surface area contributed by atoms with Gasteiger partial charge in [-0.3, -0.25) is 0 Å². The molecule has 0 rings (SSSR count). The monoisotopic (exact) mass is 241 g/mol. The van der Waals surface area contributed by atoms with Gasteiger partial charge in [0, 0.05) is 13.2 Å². The molecule has 0 heterocycles. The molecule has 0 radical (unpaired) electrons. The maximum Gasteiger partial charge on any atom is 0.401 e. The maximum atomic E-state index is 11.8. The second-order valence-corrected chi connectivity index (χ2v) is 3.99. The van der Waals surface area contributed by atoms with Crippen LogP contribution in [-0.2, 0) is 4.74 Å². The normalized spacial score (nSPS) is 14.1. The van der Waals surface area contributed by atoms with Crippen molar-refractivity contribution in [3.05, 3.63) is 0 Å². The molecule has 1 N–H and O–H groups in total. The van der Waals surface area contributed by atoms with E-state index in [-0.39, 0.29) is 12.6 Å². The highest BCUT2D eigenvalue weighted by Crippen LogP contribution is 2.12. The summed E-state index contributed by atoms with van der Waals surface area (Å²) in [5.74, 6) is 0. The van der Waals surface area contributed by atoms with E-state index in [1.165, 1.54) is 12.8 Å². The van der Waals surface area contributed by atoms with Crippen molar-refractivity contribution in [2.45, 2.75) is 51.8 Å². The van der Waals surface area contributed by atoms with Crippen LogP contribution in [0.15, 0.2) is 0 Å². The molecule has 0 aromatic carbocycles. The number of unbranched alkanes of at least 4 members (excludes halogenated alkanes) is 3. The standard InChI is InChI=1S/C11H22F3NO/c1-3-4-5-6-7-16-10(2)8-15-9-11(12,13)14/h10,15H,3-9H2,1-2H3. The predicted octanol–water partition coefficient (Wildman–Crippen LogP) is 3.12. The van der Waals surface area contributed by atoms with Gasteiger partial charge < -0.3 is 10.1 Å². The molecular weight excluding hydrogens is 219 g/mol. The van der Waals surface area contributed by atoms with Crippen molar-refractivity contribution in [2.24, 2.45) is 0 Å². The first kappa shape index (κ1) is 15.7. The van der Waals surface area contributed by atoms with Crippen molar-refractivity contribution in [3.8, 4) is 0 Å². The molecule has 0 spiro atoms. The molecular formula is C11H22F3NO. The summed E-state index contributed by atoms with van der Waals surface area (Å²) in [5.41, 5.74) is 0. The predicted molar refractivity (Wildman–Crippen MR) is 58.5 cm³/mol. The lowest BCUT2D eigenvalue weighted by molar-refractivity contribution is -0.125. The Hall–Kier alpha value is -0.290. The number of hydrogen-bond acceptors (Lipinski definition) is 2. The highest BCUT2D eigenvalue weighted by Gasteiger charge is 2.26. The summed E-state index contributed by atoms with van der Waals surface area (Å²) in [5, 5.41) is 2.33. The van der Waals surface area contributed by atoms with Crippen molar-refractivity contribution in [1.29, 1.82) is 0 Å². The van der Waals surface area contributed by atoms with Crippen molar-refractivity contribution in [3.63, 3.8) is 0 Å². The Morgan fingerprint density at radius 2 is 1.88 bits per heavy atom. The van der Waals surface area contributed by atoms with Crippen molar-refractivity contribution in [2.75, 3.05) is 19.7 Å². The zero-order valence-corrected chi connectivity index (χ0v) is 10.1. The van der Waals surface area contributed by atoms with Crippen LogP contribution in [0.2, 0.25) is 0 Å². The summed E-state index contributed by atoms with van der Waals surface area (Å²) < 4.78 is 40.8. The van der Waals surface area contributed by atoms with E-state index in [0.29, 0.717) is 6.61 Å². The first-order chi connectivity index (χ1) is 7.45. The molecule has 0 aromatic rings. The van der Waals surface area contributed by atoms with Crippen molar-refractivity contribution in [1.82, 2.24) is 5.32 Å². The second kappa shape index (κ2) is 8.82. The average Bonchev–Trinajstić information content (AvgIpc) is 2.15. The number of hydrogen-bond donors (Lipinski definition) is 1. The van der Waals surface area contributed by atoms with Crippen LogP contribution >= 0.6 is 0 Å². The molecule has 0 amide bonds. The summed E-state index contributed by atoms with van der Waals surface area (Å²) in [4.78, 5) is 0. The summed E-state index contributed by atoms with van der Waals surface area (Å²) in [6.45, 7) is 3.84. The number of ether oxygens (including phenoxy) is 1. The van der Waals surface area contributed by atoms with Crippen LogP contribution in [0.4, 0.5) is 13.2 Å². The van der Waals surface area contributed by atoms with Crippen LogP contribution in [0.5, 0.6) is 0 Å². The van der Waals surface area contributed by atoms with E-state index in [1.807, 2.05) is 0 Å². The average molecular weight is 241 g/mol. The van der Waals surface area contributed by atoms with E-state index in [4.69, 9.17) is 4.74 Å². The molecule has 0 bridgehead atoms. The van der Waals surface area contributed by atoms with Gasteiger partial charge in [-0.05, 0) is 13.3 Å². The Kier molecular flexibility index (Phi) is 8.66. The van der Waals surface area contributed by atoms with Gasteiger partial charge in [-0.2, -0.15) is 13.2 Å². The van der Waals surface area contributed by atoms with Crippen LogP contribution in [-0.4, -0.2) is 32.0 Å². The second-order valence-electron chi connectivity index (χ2n) is 3.99. The van der Waals surface area contributed by atoms with E-state index in [1.54, 1.807) is 6.92 Å². The van der Waals surface area contributed by atoms with E-state index in [9.17, 15) is 13.2 Å². The zero-order chi connectivity index (χ0) is 12.4. The minimum absolute atomic E-state index is 0.163. The topological polar surface area (TPSA) is 21.3 Å². The van der Waals surface area contributed by atoms with Crippen LogP contribution in [0, 0.1) is 0 Å². The van der Waals surface area contributed by atoms with E-state index >= 15 is 0 Å². The Morgan fingerprint density at radius 1 is 1.19 bits per heavy atom. The van der Waals surface area contributed by atoms with Crippen molar-refractivity contribution < 1.29 is 17.9 Å². The molecule has 1 unspecified atom stereocenters. The molecule has 0 aliphatic heterocycles. The first-order valence-corrected chi connectivity index (χ1v) is 5.84. The van der Waals surface area contributed by atoms with Crippen LogP contribution in [0.1, 0.15) is 39.5 Å².